The Hall–Kier alpha value is -4.24. The second-order valence-electron chi connectivity index (χ2n) is 9.20. The van der Waals surface area contributed by atoms with Gasteiger partial charge in [0.1, 0.15) is 0 Å². The summed E-state index contributed by atoms with van der Waals surface area (Å²) in [5, 5.41) is 14.2. The Bertz CT molecular complexity index is 1220. The number of aryl methyl sites for hydroxylation is 1. The fourth-order valence-electron chi connectivity index (χ4n) is 4.29. The normalized spacial score (nSPS) is 18.7. The zero-order valence-electron chi connectivity index (χ0n) is 21.6. The van der Waals surface area contributed by atoms with E-state index in [4.69, 9.17) is 19.8 Å². The molecule has 2 aromatic heterocycles. The van der Waals surface area contributed by atoms with Crippen LogP contribution in [0, 0.1) is 12.3 Å². The van der Waals surface area contributed by atoms with Crippen LogP contribution in [0.5, 0.6) is 0 Å². The molecule has 0 saturated carbocycles. The number of carbonyl (C=O) groups is 4. The quantitative estimate of drug-likeness (QED) is 0.514. The first-order valence-corrected chi connectivity index (χ1v) is 12.0. The lowest BCUT2D eigenvalue weighted by Gasteiger charge is -2.39. The summed E-state index contributed by atoms with van der Waals surface area (Å²) in [6, 6.07) is 9.36. The molecule has 1 unspecified atom stereocenters. The average molecular weight is 592 g/mol. The van der Waals surface area contributed by atoms with E-state index in [-0.39, 0.29) is 11.8 Å². The van der Waals surface area contributed by atoms with Gasteiger partial charge in [-0.05, 0) is 50.5 Å². The van der Waals surface area contributed by atoms with E-state index in [1.165, 1.54) is 0 Å². The van der Waals surface area contributed by atoms with Crippen LogP contribution in [0.3, 0.4) is 0 Å². The predicted molar refractivity (Wildman–Crippen MR) is 128 cm³/mol. The molecule has 0 aromatic carbocycles. The van der Waals surface area contributed by atoms with Gasteiger partial charge in [-0.15, -0.1) is 0 Å². The lowest BCUT2D eigenvalue weighted by atomic mass is 9.78. The van der Waals surface area contributed by atoms with Crippen molar-refractivity contribution in [3.8, 4) is 0 Å². The molecule has 4 rings (SSSR count). The summed E-state index contributed by atoms with van der Waals surface area (Å²) in [4.78, 5) is 56.1. The number of likely N-dealkylation sites (tertiary alicyclic amines) is 2. The molecule has 2 aliphatic heterocycles. The molecule has 2 amide bonds. The van der Waals surface area contributed by atoms with E-state index in [1.54, 1.807) is 24.5 Å². The molecule has 2 saturated heterocycles. The minimum Gasteiger partial charge on any atom is -0.475 e. The van der Waals surface area contributed by atoms with Crippen molar-refractivity contribution >= 4 is 23.8 Å². The van der Waals surface area contributed by atoms with E-state index in [2.05, 4.69) is 9.97 Å². The number of nitrogens with zero attached hydrogens (tertiary/aromatic N) is 4. The van der Waals surface area contributed by atoms with E-state index in [0.717, 1.165) is 37.2 Å². The predicted octanol–water partition coefficient (Wildman–Crippen LogP) is 3.71. The zero-order valence-corrected chi connectivity index (χ0v) is 21.6. The number of piperidine rings is 1. The first-order valence-electron chi connectivity index (χ1n) is 12.0. The van der Waals surface area contributed by atoms with Crippen LogP contribution in [0.25, 0.3) is 0 Å². The van der Waals surface area contributed by atoms with Gasteiger partial charge in [0.05, 0.1) is 17.7 Å². The van der Waals surface area contributed by atoms with Crippen molar-refractivity contribution in [2.45, 2.75) is 45.1 Å². The van der Waals surface area contributed by atoms with Gasteiger partial charge in [0.2, 0.25) is 5.91 Å². The van der Waals surface area contributed by atoms with Crippen molar-refractivity contribution in [3.05, 3.63) is 59.7 Å². The number of pyridine rings is 2. The SMILES string of the molecule is Cc1cccc(CN2CCC3(CCCN(C(=O)c4ccncc4)C3)C2=O)n1.O=C(O)C(F)(F)F.O=C(O)C(F)(F)F. The molecule has 2 fully saturated rings. The second kappa shape index (κ2) is 13.4. The first kappa shape index (κ1) is 33.0. The van der Waals surface area contributed by atoms with Gasteiger partial charge in [0, 0.05) is 43.3 Å². The Morgan fingerprint density at radius 1 is 0.927 bits per heavy atom. The number of hydrogen-bond donors (Lipinski definition) is 2. The summed E-state index contributed by atoms with van der Waals surface area (Å²) in [5.41, 5.74) is 2.07. The van der Waals surface area contributed by atoms with Crippen LogP contribution < -0.4 is 0 Å². The van der Waals surface area contributed by atoms with Gasteiger partial charge in [-0.3, -0.25) is 19.6 Å². The smallest absolute Gasteiger partial charge is 0.475 e. The van der Waals surface area contributed by atoms with Crippen molar-refractivity contribution < 1.29 is 55.7 Å². The topological polar surface area (TPSA) is 141 Å². The first-order chi connectivity index (χ1) is 19.0. The summed E-state index contributed by atoms with van der Waals surface area (Å²) in [7, 11) is 0. The molecule has 41 heavy (non-hydrogen) atoms. The Balaban J connectivity index is 0.000000349. The summed E-state index contributed by atoms with van der Waals surface area (Å²) >= 11 is 0. The molecule has 0 bridgehead atoms. The van der Waals surface area contributed by atoms with Crippen LogP contribution in [-0.4, -0.2) is 85.7 Å². The molecule has 0 radical (unpaired) electrons. The Morgan fingerprint density at radius 3 is 2.00 bits per heavy atom. The largest absolute Gasteiger partial charge is 0.490 e. The third-order valence-electron chi connectivity index (χ3n) is 6.18. The van der Waals surface area contributed by atoms with E-state index in [1.807, 2.05) is 34.9 Å². The van der Waals surface area contributed by atoms with Gasteiger partial charge in [0.15, 0.2) is 0 Å². The Labute approximate surface area is 229 Å². The molecule has 4 heterocycles. The highest BCUT2D eigenvalue weighted by Crippen LogP contribution is 2.41. The molecule has 10 nitrogen and oxygen atoms in total. The highest BCUT2D eigenvalue weighted by Gasteiger charge is 2.49. The summed E-state index contributed by atoms with van der Waals surface area (Å²) in [5.74, 6) is -5.36. The molecular formula is C25H26F6N4O6. The number of rotatable bonds is 3. The lowest BCUT2D eigenvalue weighted by Crippen LogP contribution is -2.49. The van der Waals surface area contributed by atoms with E-state index in [0.29, 0.717) is 25.2 Å². The number of carboxylic acids is 2. The number of aliphatic carboxylic acids is 2. The lowest BCUT2D eigenvalue weighted by molar-refractivity contribution is -0.193. The van der Waals surface area contributed by atoms with Crippen LogP contribution >= 0.6 is 0 Å². The molecule has 2 aliphatic rings. The second-order valence-corrected chi connectivity index (χ2v) is 9.20. The molecule has 2 N–H and O–H groups in total. The maximum absolute atomic E-state index is 13.2. The average Bonchev–Trinajstić information content (AvgIpc) is 3.18. The maximum Gasteiger partial charge on any atom is 0.490 e. The van der Waals surface area contributed by atoms with Gasteiger partial charge < -0.3 is 20.0 Å². The Kier molecular flexibility index (Phi) is 10.8. The number of amides is 2. The third-order valence-corrected chi connectivity index (χ3v) is 6.18. The standard InChI is InChI=1S/C21H24N4O2.2C2HF3O2/c1-16-4-2-5-18(23-16)14-24-13-9-21(20(24)27)8-3-12-25(15-21)19(26)17-6-10-22-11-7-17;2*3-2(4,5)1(6)7/h2,4-7,10-11H,3,8-9,12-15H2,1H3;2*(H,6,7). The Morgan fingerprint density at radius 2 is 1.49 bits per heavy atom. The van der Waals surface area contributed by atoms with Crippen molar-refractivity contribution in [1.82, 2.24) is 19.8 Å². The van der Waals surface area contributed by atoms with Crippen LogP contribution in [0.2, 0.25) is 0 Å². The van der Waals surface area contributed by atoms with Gasteiger partial charge in [-0.25, -0.2) is 9.59 Å². The van der Waals surface area contributed by atoms with Gasteiger partial charge in [0.25, 0.3) is 5.91 Å². The number of aromatic nitrogens is 2. The van der Waals surface area contributed by atoms with E-state index in [9.17, 15) is 35.9 Å². The highest BCUT2D eigenvalue weighted by atomic mass is 19.4. The van der Waals surface area contributed by atoms with Crippen LogP contribution in [0.4, 0.5) is 26.3 Å². The fourth-order valence-corrected chi connectivity index (χ4v) is 4.29. The molecular weight excluding hydrogens is 566 g/mol. The van der Waals surface area contributed by atoms with Gasteiger partial charge >= 0.3 is 24.3 Å². The van der Waals surface area contributed by atoms with Crippen LogP contribution in [0.1, 0.15) is 41.0 Å². The van der Waals surface area contributed by atoms with Gasteiger partial charge in [-0.2, -0.15) is 26.3 Å². The molecule has 0 aliphatic carbocycles. The van der Waals surface area contributed by atoms with E-state index < -0.39 is 29.7 Å². The summed E-state index contributed by atoms with van der Waals surface area (Å²) < 4.78 is 63.5. The third kappa shape index (κ3) is 9.42. The van der Waals surface area contributed by atoms with Crippen molar-refractivity contribution in [3.63, 3.8) is 0 Å². The minimum absolute atomic E-state index is 0.0110. The number of halogens is 6. The maximum atomic E-state index is 13.2. The fraction of sp³-hybridized carbons (Fsp3) is 0.440. The van der Waals surface area contributed by atoms with Crippen molar-refractivity contribution in [1.29, 1.82) is 0 Å². The number of hydrogen-bond acceptors (Lipinski definition) is 6. The monoisotopic (exact) mass is 592 g/mol. The molecule has 224 valence electrons. The minimum atomic E-state index is -5.08. The number of alkyl halides is 6. The van der Waals surface area contributed by atoms with Crippen molar-refractivity contribution in [2.75, 3.05) is 19.6 Å². The number of carboxylic acid groups (broad SMARTS) is 2. The highest BCUT2D eigenvalue weighted by molar-refractivity contribution is 5.95. The zero-order chi connectivity index (χ0) is 31.0. The van der Waals surface area contributed by atoms with E-state index >= 15 is 0 Å². The number of carbonyl (C=O) groups excluding carboxylic acids is 2. The molecule has 16 heteroatoms. The summed E-state index contributed by atoms with van der Waals surface area (Å²) in [6.07, 6.45) is -4.39. The van der Waals surface area contributed by atoms with Crippen LogP contribution in [-0.2, 0) is 20.9 Å². The summed E-state index contributed by atoms with van der Waals surface area (Å²) in [6.45, 7) is 4.44. The van der Waals surface area contributed by atoms with Gasteiger partial charge in [-0.1, -0.05) is 6.07 Å². The molecule has 1 atom stereocenters. The molecule has 2 aromatic rings. The van der Waals surface area contributed by atoms with Crippen molar-refractivity contribution in [2.24, 2.45) is 5.41 Å². The molecule has 1 spiro atoms. The van der Waals surface area contributed by atoms with Crippen LogP contribution in [0.15, 0.2) is 42.7 Å².